The molecular formula is C21H26ClN3OS. The van der Waals surface area contributed by atoms with Gasteiger partial charge in [0.15, 0.2) is 0 Å². The van der Waals surface area contributed by atoms with E-state index in [4.69, 9.17) is 11.6 Å². The zero-order chi connectivity index (χ0) is 19.1. The second kappa shape index (κ2) is 10.0. The summed E-state index contributed by atoms with van der Waals surface area (Å²) < 4.78 is 0. The quantitative estimate of drug-likeness (QED) is 0.541. The summed E-state index contributed by atoms with van der Waals surface area (Å²) in [5, 5.41) is 3.71. The van der Waals surface area contributed by atoms with Crippen molar-refractivity contribution in [3.05, 3.63) is 53.6 Å². The number of amides is 1. The summed E-state index contributed by atoms with van der Waals surface area (Å²) in [6.07, 6.45) is 1.35. The van der Waals surface area contributed by atoms with Crippen LogP contribution in [0, 0.1) is 0 Å². The summed E-state index contributed by atoms with van der Waals surface area (Å²) in [5.74, 6) is 0.972. The SMILES string of the molecule is CN1CCN(c2ccc(Cl)cc2NC(=O)CCCSc2ccccc2)CC1. The average molecular weight is 404 g/mol. The van der Waals surface area contributed by atoms with Gasteiger partial charge in [0, 0.05) is 42.5 Å². The molecule has 2 aromatic rings. The van der Waals surface area contributed by atoms with Crippen LogP contribution in [0.5, 0.6) is 0 Å². The summed E-state index contributed by atoms with van der Waals surface area (Å²) in [4.78, 5) is 18.3. The Bertz CT molecular complexity index is 748. The molecule has 0 spiro atoms. The molecule has 0 saturated carbocycles. The lowest BCUT2D eigenvalue weighted by Gasteiger charge is -2.35. The second-order valence-corrected chi connectivity index (χ2v) is 8.37. The molecule has 144 valence electrons. The van der Waals surface area contributed by atoms with Crippen molar-refractivity contribution in [1.82, 2.24) is 4.90 Å². The van der Waals surface area contributed by atoms with Crippen LogP contribution in [0.25, 0.3) is 0 Å². The van der Waals surface area contributed by atoms with Crippen LogP contribution >= 0.6 is 23.4 Å². The van der Waals surface area contributed by atoms with Gasteiger partial charge in [-0.3, -0.25) is 4.79 Å². The van der Waals surface area contributed by atoms with Gasteiger partial charge in [-0.15, -0.1) is 11.8 Å². The number of nitrogens with one attached hydrogen (secondary N) is 1. The number of halogens is 1. The molecule has 1 fully saturated rings. The maximum atomic E-state index is 12.4. The molecule has 1 N–H and O–H groups in total. The minimum absolute atomic E-state index is 0.0429. The Balaban J connectivity index is 1.53. The topological polar surface area (TPSA) is 35.6 Å². The van der Waals surface area contributed by atoms with E-state index in [1.165, 1.54) is 4.90 Å². The zero-order valence-corrected chi connectivity index (χ0v) is 17.2. The summed E-state index contributed by atoms with van der Waals surface area (Å²) in [5.41, 5.74) is 1.87. The number of likely N-dealkylation sites (N-methyl/N-ethyl adjacent to an activating group) is 1. The first-order chi connectivity index (χ1) is 13.1. The van der Waals surface area contributed by atoms with Gasteiger partial charge in [0.2, 0.25) is 5.91 Å². The van der Waals surface area contributed by atoms with Gasteiger partial charge in [-0.2, -0.15) is 0 Å². The van der Waals surface area contributed by atoms with E-state index in [1.807, 2.05) is 36.4 Å². The fraction of sp³-hybridized carbons (Fsp3) is 0.381. The van der Waals surface area contributed by atoms with Crippen molar-refractivity contribution < 1.29 is 4.79 Å². The van der Waals surface area contributed by atoms with Crippen LogP contribution in [0.4, 0.5) is 11.4 Å². The Kier molecular flexibility index (Phi) is 7.44. The Hall–Kier alpha value is -1.69. The summed E-state index contributed by atoms with van der Waals surface area (Å²) in [6, 6.07) is 16.0. The van der Waals surface area contributed by atoms with Crippen LogP contribution in [-0.4, -0.2) is 49.8 Å². The standard InChI is InChI=1S/C21H26ClN3OS/c1-24-11-13-25(14-12-24)20-10-9-17(22)16-19(20)23-21(26)8-5-15-27-18-6-3-2-4-7-18/h2-4,6-7,9-10,16H,5,8,11-15H2,1H3,(H,23,26). The number of rotatable bonds is 7. The predicted octanol–water partition coefficient (Wildman–Crippen LogP) is 4.60. The molecular weight excluding hydrogens is 378 g/mol. The first-order valence-electron chi connectivity index (χ1n) is 9.32. The molecule has 1 aliphatic heterocycles. The number of carbonyl (C=O) groups is 1. The fourth-order valence-corrected chi connectivity index (χ4v) is 4.13. The van der Waals surface area contributed by atoms with E-state index in [9.17, 15) is 4.79 Å². The number of anilines is 2. The van der Waals surface area contributed by atoms with Gasteiger partial charge in [0.25, 0.3) is 0 Å². The smallest absolute Gasteiger partial charge is 0.224 e. The van der Waals surface area contributed by atoms with Crippen molar-refractivity contribution in [2.24, 2.45) is 0 Å². The fourth-order valence-electron chi connectivity index (χ4n) is 3.08. The highest BCUT2D eigenvalue weighted by molar-refractivity contribution is 7.99. The maximum absolute atomic E-state index is 12.4. The van der Waals surface area contributed by atoms with Gasteiger partial charge < -0.3 is 15.1 Å². The van der Waals surface area contributed by atoms with Crippen molar-refractivity contribution in [2.75, 3.05) is 49.2 Å². The molecule has 3 rings (SSSR count). The molecule has 1 saturated heterocycles. The largest absolute Gasteiger partial charge is 0.367 e. The van der Waals surface area contributed by atoms with Crippen LogP contribution in [0.1, 0.15) is 12.8 Å². The van der Waals surface area contributed by atoms with Gasteiger partial charge in [-0.1, -0.05) is 29.8 Å². The van der Waals surface area contributed by atoms with Crippen molar-refractivity contribution in [2.45, 2.75) is 17.7 Å². The molecule has 2 aromatic carbocycles. The average Bonchev–Trinajstić information content (AvgIpc) is 2.67. The number of hydrogen-bond donors (Lipinski definition) is 1. The summed E-state index contributed by atoms with van der Waals surface area (Å²) in [6.45, 7) is 3.95. The molecule has 0 bridgehead atoms. The highest BCUT2D eigenvalue weighted by Crippen LogP contribution is 2.30. The van der Waals surface area contributed by atoms with Crippen LogP contribution < -0.4 is 10.2 Å². The number of piperazine rings is 1. The minimum atomic E-state index is 0.0429. The lowest BCUT2D eigenvalue weighted by atomic mass is 10.2. The van der Waals surface area contributed by atoms with Crippen molar-refractivity contribution in [1.29, 1.82) is 0 Å². The summed E-state index contributed by atoms with van der Waals surface area (Å²) >= 11 is 7.96. The van der Waals surface area contributed by atoms with E-state index in [0.717, 1.165) is 49.7 Å². The Morgan fingerprint density at radius 2 is 1.85 bits per heavy atom. The monoisotopic (exact) mass is 403 g/mol. The highest BCUT2D eigenvalue weighted by atomic mass is 35.5. The van der Waals surface area contributed by atoms with E-state index in [-0.39, 0.29) is 5.91 Å². The predicted molar refractivity (Wildman–Crippen MR) is 116 cm³/mol. The summed E-state index contributed by atoms with van der Waals surface area (Å²) in [7, 11) is 2.13. The zero-order valence-electron chi connectivity index (χ0n) is 15.7. The minimum Gasteiger partial charge on any atom is -0.367 e. The van der Waals surface area contributed by atoms with Gasteiger partial charge in [-0.25, -0.2) is 0 Å². The molecule has 0 aliphatic carbocycles. The molecule has 1 heterocycles. The third kappa shape index (κ3) is 6.16. The number of benzene rings is 2. The van der Waals surface area contributed by atoms with Gasteiger partial charge in [0.1, 0.15) is 0 Å². The maximum Gasteiger partial charge on any atom is 0.224 e. The Labute approximate surface area is 170 Å². The second-order valence-electron chi connectivity index (χ2n) is 6.77. The Morgan fingerprint density at radius 1 is 1.11 bits per heavy atom. The van der Waals surface area contributed by atoms with E-state index >= 15 is 0 Å². The van der Waals surface area contributed by atoms with Crippen LogP contribution in [-0.2, 0) is 4.79 Å². The number of nitrogens with zero attached hydrogens (tertiary/aromatic N) is 2. The number of carbonyl (C=O) groups excluding carboxylic acids is 1. The third-order valence-corrected chi connectivity index (χ3v) is 5.97. The van der Waals surface area contributed by atoms with Gasteiger partial charge in [0.05, 0.1) is 11.4 Å². The van der Waals surface area contributed by atoms with Crippen molar-refractivity contribution >= 4 is 40.6 Å². The molecule has 0 unspecified atom stereocenters. The van der Waals surface area contributed by atoms with Crippen LogP contribution in [0.3, 0.4) is 0 Å². The normalized spacial score (nSPS) is 15.0. The molecule has 0 radical (unpaired) electrons. The number of hydrogen-bond acceptors (Lipinski definition) is 4. The van der Waals surface area contributed by atoms with Crippen molar-refractivity contribution in [3.63, 3.8) is 0 Å². The lowest BCUT2D eigenvalue weighted by Crippen LogP contribution is -2.44. The highest BCUT2D eigenvalue weighted by Gasteiger charge is 2.18. The first-order valence-corrected chi connectivity index (χ1v) is 10.7. The molecule has 6 heteroatoms. The molecule has 1 aliphatic rings. The Morgan fingerprint density at radius 3 is 2.59 bits per heavy atom. The molecule has 4 nitrogen and oxygen atoms in total. The van der Waals surface area contributed by atoms with E-state index < -0.39 is 0 Å². The first kappa shape index (κ1) is 20.1. The lowest BCUT2D eigenvalue weighted by molar-refractivity contribution is -0.116. The molecule has 27 heavy (non-hydrogen) atoms. The number of thioether (sulfide) groups is 1. The van der Waals surface area contributed by atoms with E-state index in [0.29, 0.717) is 11.4 Å². The molecule has 0 atom stereocenters. The molecule has 1 amide bonds. The van der Waals surface area contributed by atoms with Gasteiger partial charge in [-0.05, 0) is 49.6 Å². The van der Waals surface area contributed by atoms with Crippen molar-refractivity contribution in [3.8, 4) is 0 Å². The van der Waals surface area contributed by atoms with E-state index in [2.05, 4.69) is 34.3 Å². The van der Waals surface area contributed by atoms with Crippen LogP contribution in [0.15, 0.2) is 53.4 Å². The van der Waals surface area contributed by atoms with Gasteiger partial charge >= 0.3 is 0 Å². The van der Waals surface area contributed by atoms with Crippen LogP contribution in [0.2, 0.25) is 5.02 Å². The van der Waals surface area contributed by atoms with E-state index in [1.54, 1.807) is 11.8 Å². The molecule has 0 aromatic heterocycles. The third-order valence-electron chi connectivity index (χ3n) is 4.64.